The lowest BCUT2D eigenvalue weighted by Crippen LogP contribution is -2.26. The van der Waals surface area contributed by atoms with Crippen molar-refractivity contribution in [3.05, 3.63) is 40.5 Å². The molecular weight excluding hydrogens is 300 g/mol. The van der Waals surface area contributed by atoms with E-state index in [-0.39, 0.29) is 5.91 Å². The summed E-state index contributed by atoms with van der Waals surface area (Å²) in [5.74, 6) is 0.336. The second kappa shape index (κ2) is 5.63. The normalized spacial score (nSPS) is 10.3. The van der Waals surface area contributed by atoms with Gasteiger partial charge in [-0.15, -0.1) is 0 Å². The van der Waals surface area contributed by atoms with E-state index in [2.05, 4.69) is 35.9 Å². The second-order valence-corrected chi connectivity index (χ2v) is 4.50. The fourth-order valence-electron chi connectivity index (χ4n) is 1.43. The number of rotatable bonds is 4. The Balaban J connectivity index is 1.91. The summed E-state index contributed by atoms with van der Waals surface area (Å²) in [7, 11) is 0. The number of hydrogen-bond acceptors (Lipinski definition) is 5. The van der Waals surface area contributed by atoms with E-state index < -0.39 is 0 Å². The van der Waals surface area contributed by atoms with Gasteiger partial charge < -0.3 is 15.6 Å². The molecule has 1 heterocycles. The minimum atomic E-state index is -0.219. The zero-order chi connectivity index (χ0) is 13.0. The Hall–Kier alpha value is -1.89. The maximum absolute atomic E-state index is 11.8. The van der Waals surface area contributed by atoms with Crippen LogP contribution < -0.4 is 11.1 Å². The lowest BCUT2D eigenvalue weighted by atomic mass is 10.1. The number of aromatic nitrogens is 2. The van der Waals surface area contributed by atoms with Gasteiger partial charge in [0.15, 0.2) is 5.82 Å². The van der Waals surface area contributed by atoms with E-state index in [0.717, 1.165) is 4.47 Å². The van der Waals surface area contributed by atoms with E-state index in [9.17, 15) is 4.79 Å². The van der Waals surface area contributed by atoms with Gasteiger partial charge in [-0.1, -0.05) is 21.1 Å². The van der Waals surface area contributed by atoms with Crippen LogP contribution in [-0.2, 0) is 6.42 Å². The van der Waals surface area contributed by atoms with Crippen molar-refractivity contribution >= 4 is 27.5 Å². The first-order chi connectivity index (χ1) is 8.66. The molecule has 0 aliphatic rings. The number of nitrogens with zero attached hydrogens (tertiary/aromatic N) is 2. The molecule has 2 rings (SSSR count). The lowest BCUT2D eigenvalue weighted by molar-refractivity contribution is 0.0955. The molecule has 1 aromatic heterocycles. The summed E-state index contributed by atoms with van der Waals surface area (Å²) in [6.07, 6.45) is 1.77. The molecule has 1 amide bonds. The summed E-state index contributed by atoms with van der Waals surface area (Å²) in [5, 5.41) is 6.39. The maximum Gasteiger partial charge on any atom is 0.253 e. The molecule has 6 nitrogen and oxygen atoms in total. The van der Waals surface area contributed by atoms with Crippen LogP contribution in [0.15, 0.2) is 33.6 Å². The third-order valence-electron chi connectivity index (χ3n) is 2.30. The van der Waals surface area contributed by atoms with Gasteiger partial charge in [-0.05, 0) is 18.2 Å². The van der Waals surface area contributed by atoms with E-state index in [1.807, 2.05) is 0 Å². The minimum absolute atomic E-state index is 0.219. The van der Waals surface area contributed by atoms with Gasteiger partial charge in [-0.25, -0.2) is 0 Å². The van der Waals surface area contributed by atoms with Crippen LogP contribution >= 0.6 is 15.9 Å². The van der Waals surface area contributed by atoms with Crippen molar-refractivity contribution in [2.45, 2.75) is 6.42 Å². The summed E-state index contributed by atoms with van der Waals surface area (Å²) in [6, 6.07) is 5.13. The Kier molecular flexibility index (Phi) is 3.93. The Morgan fingerprint density at radius 2 is 2.33 bits per heavy atom. The number of nitrogens with one attached hydrogen (secondary N) is 1. The third-order valence-corrected chi connectivity index (χ3v) is 2.79. The zero-order valence-electron chi connectivity index (χ0n) is 9.39. The van der Waals surface area contributed by atoms with Crippen molar-refractivity contribution in [2.24, 2.45) is 0 Å². The highest BCUT2D eigenvalue weighted by Crippen LogP contribution is 2.18. The number of anilines is 1. The number of nitrogen functional groups attached to an aromatic ring is 1. The lowest BCUT2D eigenvalue weighted by Gasteiger charge is -2.06. The number of carbonyl (C=O) groups is 1. The van der Waals surface area contributed by atoms with Gasteiger partial charge in [0.25, 0.3) is 5.91 Å². The minimum Gasteiger partial charge on any atom is -0.398 e. The number of benzene rings is 1. The Morgan fingerprint density at radius 1 is 1.50 bits per heavy atom. The van der Waals surface area contributed by atoms with Crippen LogP contribution in [-0.4, -0.2) is 22.6 Å². The van der Waals surface area contributed by atoms with E-state index in [1.165, 1.54) is 6.39 Å². The first kappa shape index (κ1) is 12.6. The number of carbonyl (C=O) groups excluding carboxylic acids is 1. The average molecular weight is 311 g/mol. The van der Waals surface area contributed by atoms with E-state index in [1.54, 1.807) is 18.2 Å². The molecule has 0 spiro atoms. The van der Waals surface area contributed by atoms with Crippen molar-refractivity contribution in [1.82, 2.24) is 15.5 Å². The highest BCUT2D eigenvalue weighted by Gasteiger charge is 2.09. The van der Waals surface area contributed by atoms with Crippen molar-refractivity contribution in [2.75, 3.05) is 12.3 Å². The Labute approximate surface area is 112 Å². The van der Waals surface area contributed by atoms with Crippen molar-refractivity contribution < 1.29 is 9.32 Å². The highest BCUT2D eigenvalue weighted by atomic mass is 79.9. The van der Waals surface area contributed by atoms with Crippen LogP contribution in [0.1, 0.15) is 16.2 Å². The van der Waals surface area contributed by atoms with Crippen molar-refractivity contribution in [3.63, 3.8) is 0 Å². The topological polar surface area (TPSA) is 94.0 Å². The van der Waals surface area contributed by atoms with Crippen molar-refractivity contribution in [1.29, 1.82) is 0 Å². The van der Waals surface area contributed by atoms with Gasteiger partial charge in [-0.3, -0.25) is 4.79 Å². The summed E-state index contributed by atoms with van der Waals surface area (Å²) >= 11 is 3.29. The Morgan fingerprint density at radius 3 is 3.00 bits per heavy atom. The molecule has 0 aliphatic carbocycles. The molecule has 3 N–H and O–H groups in total. The largest absolute Gasteiger partial charge is 0.398 e. The summed E-state index contributed by atoms with van der Waals surface area (Å²) in [5.41, 5.74) is 6.64. The fraction of sp³-hybridized carbons (Fsp3) is 0.182. The molecular formula is C11H11BrN4O2. The Bertz CT molecular complexity index is 542. The molecule has 0 fully saturated rings. The molecule has 7 heteroatoms. The average Bonchev–Trinajstić information content (AvgIpc) is 2.81. The van der Waals surface area contributed by atoms with Gasteiger partial charge in [-0.2, -0.15) is 4.98 Å². The monoisotopic (exact) mass is 310 g/mol. The molecule has 1 aromatic carbocycles. The predicted molar refractivity (Wildman–Crippen MR) is 68.9 cm³/mol. The quantitative estimate of drug-likeness (QED) is 0.832. The second-order valence-electron chi connectivity index (χ2n) is 3.58. The van der Waals surface area contributed by atoms with Crippen LogP contribution in [0.2, 0.25) is 0 Å². The number of hydrogen-bond donors (Lipinski definition) is 2. The third kappa shape index (κ3) is 3.07. The molecule has 0 unspecified atom stereocenters. The SMILES string of the molecule is Nc1cc(Br)ccc1C(=O)NCCc1ncon1. The highest BCUT2D eigenvalue weighted by molar-refractivity contribution is 9.10. The van der Waals surface area contributed by atoms with Gasteiger partial charge in [0.05, 0.1) is 5.56 Å². The smallest absolute Gasteiger partial charge is 0.253 e. The van der Waals surface area contributed by atoms with Gasteiger partial charge >= 0.3 is 0 Å². The number of amides is 1. The van der Waals surface area contributed by atoms with Crippen LogP contribution in [0.25, 0.3) is 0 Å². The van der Waals surface area contributed by atoms with Crippen LogP contribution in [0.4, 0.5) is 5.69 Å². The van der Waals surface area contributed by atoms with Crippen LogP contribution in [0.5, 0.6) is 0 Å². The molecule has 18 heavy (non-hydrogen) atoms. The predicted octanol–water partition coefficient (Wildman–Crippen LogP) is 1.39. The molecule has 0 saturated heterocycles. The van der Waals surface area contributed by atoms with Gasteiger partial charge in [0.1, 0.15) is 0 Å². The molecule has 2 aromatic rings. The molecule has 0 saturated carbocycles. The summed E-state index contributed by atoms with van der Waals surface area (Å²) in [6.45, 7) is 0.424. The molecule has 0 aliphatic heterocycles. The van der Waals surface area contributed by atoms with Gasteiger partial charge in [0.2, 0.25) is 6.39 Å². The summed E-state index contributed by atoms with van der Waals surface area (Å²) < 4.78 is 5.43. The van der Waals surface area contributed by atoms with Crippen LogP contribution in [0.3, 0.4) is 0 Å². The molecule has 94 valence electrons. The first-order valence-corrected chi connectivity index (χ1v) is 6.04. The zero-order valence-corrected chi connectivity index (χ0v) is 11.0. The molecule has 0 bridgehead atoms. The fourth-order valence-corrected chi connectivity index (χ4v) is 1.80. The molecule has 0 atom stereocenters. The van der Waals surface area contributed by atoms with E-state index in [0.29, 0.717) is 30.0 Å². The van der Waals surface area contributed by atoms with Crippen molar-refractivity contribution in [3.8, 4) is 0 Å². The van der Waals surface area contributed by atoms with E-state index >= 15 is 0 Å². The van der Waals surface area contributed by atoms with E-state index in [4.69, 9.17) is 5.73 Å². The van der Waals surface area contributed by atoms with Gasteiger partial charge in [0, 0.05) is 23.1 Å². The maximum atomic E-state index is 11.8. The molecule has 0 radical (unpaired) electrons. The number of nitrogens with two attached hydrogens (primary N) is 1. The standard InChI is InChI=1S/C11H11BrN4O2/c12-7-1-2-8(9(13)5-7)11(17)14-4-3-10-15-6-18-16-10/h1-2,5-6H,3-4,13H2,(H,14,17). The number of halogens is 1. The first-order valence-electron chi connectivity index (χ1n) is 5.25. The van der Waals surface area contributed by atoms with Crippen LogP contribution in [0, 0.1) is 0 Å². The summed E-state index contributed by atoms with van der Waals surface area (Å²) in [4.78, 5) is 15.7.